The van der Waals surface area contributed by atoms with Gasteiger partial charge in [0, 0.05) is 23.8 Å². The molecule has 82 valence electrons. The first-order valence-electron chi connectivity index (χ1n) is 5.46. The van der Waals surface area contributed by atoms with E-state index >= 15 is 0 Å². The van der Waals surface area contributed by atoms with Gasteiger partial charge in [-0.05, 0) is 31.4 Å². The maximum atomic E-state index is 6.00. The van der Waals surface area contributed by atoms with Crippen LogP contribution in [0.4, 0.5) is 5.69 Å². The zero-order valence-corrected chi connectivity index (χ0v) is 9.07. The summed E-state index contributed by atoms with van der Waals surface area (Å²) < 4.78 is 5.17. The number of benzene rings is 1. The van der Waals surface area contributed by atoms with Crippen molar-refractivity contribution < 1.29 is 4.74 Å². The Hall–Kier alpha value is -1.22. The number of ether oxygens (including phenoxy) is 1. The molecule has 0 heterocycles. The van der Waals surface area contributed by atoms with E-state index in [1.165, 1.54) is 12.8 Å². The lowest BCUT2D eigenvalue weighted by molar-refractivity contribution is 0.415. The van der Waals surface area contributed by atoms with E-state index < -0.39 is 0 Å². The number of anilines is 1. The third-order valence-electron chi connectivity index (χ3n) is 2.99. The summed E-state index contributed by atoms with van der Waals surface area (Å²) in [5.41, 5.74) is 7.10. The fourth-order valence-corrected chi connectivity index (χ4v) is 2.09. The molecule has 3 N–H and O–H groups in total. The molecular weight excluding hydrogens is 188 g/mol. The van der Waals surface area contributed by atoms with Crippen molar-refractivity contribution in [1.82, 2.24) is 0 Å². The van der Waals surface area contributed by atoms with Gasteiger partial charge in [0.1, 0.15) is 5.75 Å². The average molecular weight is 206 g/mol. The fraction of sp³-hybridized carbons (Fsp3) is 0.500. The van der Waals surface area contributed by atoms with Crippen LogP contribution in [0.1, 0.15) is 19.3 Å². The minimum absolute atomic E-state index is 0.288. The summed E-state index contributed by atoms with van der Waals surface area (Å²) in [6.45, 7) is 0. The molecule has 1 fully saturated rings. The van der Waals surface area contributed by atoms with Crippen LogP contribution in [0.3, 0.4) is 0 Å². The van der Waals surface area contributed by atoms with Gasteiger partial charge in [0.15, 0.2) is 0 Å². The molecule has 0 aliphatic heterocycles. The molecule has 0 aromatic heterocycles. The number of rotatable bonds is 3. The Kier molecular flexibility index (Phi) is 3.11. The van der Waals surface area contributed by atoms with E-state index in [9.17, 15) is 0 Å². The summed E-state index contributed by atoms with van der Waals surface area (Å²) in [5, 5.41) is 3.46. The molecule has 0 unspecified atom stereocenters. The van der Waals surface area contributed by atoms with Crippen LogP contribution in [0.15, 0.2) is 24.3 Å². The highest BCUT2D eigenvalue weighted by Gasteiger charge is 2.23. The second-order valence-electron chi connectivity index (χ2n) is 4.08. The van der Waals surface area contributed by atoms with E-state index in [2.05, 4.69) is 5.32 Å². The lowest BCUT2D eigenvalue weighted by Gasteiger charge is -2.18. The largest absolute Gasteiger partial charge is 0.497 e. The van der Waals surface area contributed by atoms with Crippen molar-refractivity contribution in [3.05, 3.63) is 24.3 Å². The van der Waals surface area contributed by atoms with Gasteiger partial charge in [-0.2, -0.15) is 0 Å². The highest BCUT2D eigenvalue weighted by Crippen LogP contribution is 2.23. The van der Waals surface area contributed by atoms with Gasteiger partial charge in [-0.15, -0.1) is 0 Å². The molecule has 0 bridgehead atoms. The van der Waals surface area contributed by atoms with E-state index in [-0.39, 0.29) is 6.04 Å². The van der Waals surface area contributed by atoms with Crippen LogP contribution >= 0.6 is 0 Å². The van der Waals surface area contributed by atoms with E-state index in [1.54, 1.807) is 7.11 Å². The van der Waals surface area contributed by atoms with E-state index in [0.29, 0.717) is 6.04 Å². The van der Waals surface area contributed by atoms with Crippen LogP contribution in [0, 0.1) is 0 Å². The summed E-state index contributed by atoms with van der Waals surface area (Å²) in [7, 11) is 1.68. The maximum absolute atomic E-state index is 6.00. The van der Waals surface area contributed by atoms with Gasteiger partial charge in [-0.3, -0.25) is 0 Å². The molecule has 1 aliphatic rings. The van der Waals surface area contributed by atoms with Crippen LogP contribution in [-0.4, -0.2) is 19.2 Å². The Bertz CT molecular complexity index is 327. The number of nitrogens with one attached hydrogen (secondary N) is 1. The number of nitrogens with two attached hydrogens (primary N) is 1. The third-order valence-corrected chi connectivity index (χ3v) is 2.99. The number of hydrogen-bond donors (Lipinski definition) is 2. The Morgan fingerprint density at radius 1 is 1.40 bits per heavy atom. The molecule has 2 rings (SSSR count). The monoisotopic (exact) mass is 206 g/mol. The molecule has 2 atom stereocenters. The van der Waals surface area contributed by atoms with Crippen LogP contribution in [0.5, 0.6) is 5.75 Å². The second-order valence-corrected chi connectivity index (χ2v) is 4.08. The first-order chi connectivity index (χ1) is 7.29. The summed E-state index contributed by atoms with van der Waals surface area (Å²) in [5.74, 6) is 0.881. The highest BCUT2D eigenvalue weighted by atomic mass is 16.5. The molecule has 15 heavy (non-hydrogen) atoms. The van der Waals surface area contributed by atoms with Crippen molar-refractivity contribution in [3.63, 3.8) is 0 Å². The predicted octanol–water partition coefficient (Wildman–Crippen LogP) is 1.99. The predicted molar refractivity (Wildman–Crippen MR) is 62.2 cm³/mol. The van der Waals surface area contributed by atoms with Gasteiger partial charge in [-0.1, -0.05) is 6.07 Å². The van der Waals surface area contributed by atoms with Gasteiger partial charge in [-0.25, -0.2) is 0 Å². The topological polar surface area (TPSA) is 47.3 Å². The minimum Gasteiger partial charge on any atom is -0.497 e. The first kappa shape index (κ1) is 10.3. The lowest BCUT2D eigenvalue weighted by atomic mass is 10.1. The Labute approximate surface area is 90.6 Å². The standard InChI is InChI=1S/C12H18N2O/c1-15-10-5-2-4-9(8-10)14-12-7-3-6-11(12)13/h2,4-5,8,11-12,14H,3,6-7,13H2,1H3/t11-,12-/m0/s1. The zero-order valence-electron chi connectivity index (χ0n) is 9.07. The summed E-state index contributed by atoms with van der Waals surface area (Å²) >= 11 is 0. The quantitative estimate of drug-likeness (QED) is 0.795. The molecule has 0 spiro atoms. The molecule has 3 nitrogen and oxygen atoms in total. The van der Waals surface area contributed by atoms with Gasteiger partial charge in [0.05, 0.1) is 7.11 Å². The van der Waals surface area contributed by atoms with E-state index in [4.69, 9.17) is 10.5 Å². The van der Waals surface area contributed by atoms with Crippen molar-refractivity contribution in [1.29, 1.82) is 0 Å². The number of methoxy groups -OCH3 is 1. The van der Waals surface area contributed by atoms with Crippen LogP contribution in [0.25, 0.3) is 0 Å². The summed E-state index contributed by atoms with van der Waals surface area (Å²) in [6.07, 6.45) is 3.52. The molecule has 1 aromatic rings. The van der Waals surface area contributed by atoms with Crippen molar-refractivity contribution in [3.8, 4) is 5.75 Å². The molecule has 3 heteroatoms. The normalized spacial score (nSPS) is 25.2. The molecule has 1 saturated carbocycles. The van der Waals surface area contributed by atoms with Gasteiger partial charge in [0.25, 0.3) is 0 Å². The number of hydrogen-bond acceptors (Lipinski definition) is 3. The lowest BCUT2D eigenvalue weighted by Crippen LogP contribution is -2.35. The van der Waals surface area contributed by atoms with Crippen molar-refractivity contribution in [2.24, 2.45) is 5.73 Å². The first-order valence-corrected chi connectivity index (χ1v) is 5.46. The Balaban J connectivity index is 2.03. The third kappa shape index (κ3) is 2.42. The summed E-state index contributed by atoms with van der Waals surface area (Å²) in [4.78, 5) is 0. The molecule has 0 saturated heterocycles. The van der Waals surface area contributed by atoms with Gasteiger partial charge in [0.2, 0.25) is 0 Å². The molecule has 1 aliphatic carbocycles. The van der Waals surface area contributed by atoms with Crippen LogP contribution < -0.4 is 15.8 Å². The maximum Gasteiger partial charge on any atom is 0.120 e. The van der Waals surface area contributed by atoms with Crippen LogP contribution in [-0.2, 0) is 0 Å². The van der Waals surface area contributed by atoms with Crippen LogP contribution in [0.2, 0.25) is 0 Å². The van der Waals surface area contributed by atoms with E-state index in [1.807, 2.05) is 24.3 Å². The molecule has 1 aromatic carbocycles. The highest BCUT2D eigenvalue weighted by molar-refractivity contribution is 5.49. The van der Waals surface area contributed by atoms with Gasteiger partial charge >= 0.3 is 0 Å². The second kappa shape index (κ2) is 4.53. The average Bonchev–Trinajstić information content (AvgIpc) is 2.65. The molecule has 0 radical (unpaired) electrons. The molecular formula is C12H18N2O. The SMILES string of the molecule is COc1cccc(N[C@H]2CCC[C@@H]2N)c1. The van der Waals surface area contributed by atoms with E-state index in [0.717, 1.165) is 17.9 Å². The zero-order chi connectivity index (χ0) is 10.7. The van der Waals surface area contributed by atoms with Gasteiger partial charge < -0.3 is 15.8 Å². The van der Waals surface area contributed by atoms with Crippen molar-refractivity contribution in [2.75, 3.05) is 12.4 Å². The smallest absolute Gasteiger partial charge is 0.120 e. The van der Waals surface area contributed by atoms with Crippen molar-refractivity contribution >= 4 is 5.69 Å². The fourth-order valence-electron chi connectivity index (χ4n) is 2.09. The summed E-state index contributed by atoms with van der Waals surface area (Å²) in [6, 6.07) is 8.69. The Morgan fingerprint density at radius 2 is 2.27 bits per heavy atom. The minimum atomic E-state index is 0.288. The molecule has 0 amide bonds. The van der Waals surface area contributed by atoms with Crippen molar-refractivity contribution in [2.45, 2.75) is 31.3 Å². The Morgan fingerprint density at radius 3 is 2.93 bits per heavy atom.